The van der Waals surface area contributed by atoms with Crippen molar-refractivity contribution in [3.63, 3.8) is 0 Å². The van der Waals surface area contributed by atoms with Crippen molar-refractivity contribution in [2.75, 3.05) is 0 Å². The summed E-state index contributed by atoms with van der Waals surface area (Å²) in [5.41, 5.74) is 0. The molecule has 0 saturated heterocycles. The van der Waals surface area contributed by atoms with Crippen LogP contribution in [0, 0.1) is 11.6 Å². The second-order valence-corrected chi connectivity index (χ2v) is 1.79. The van der Waals surface area contributed by atoms with Gasteiger partial charge in [-0.15, -0.1) is 0 Å². The third-order valence-electron chi connectivity index (χ3n) is 1.18. The smallest absolute Gasteiger partial charge is 0.208 e. The Kier molecular flexibility index (Phi) is 0.649. The van der Waals surface area contributed by atoms with E-state index in [1.807, 2.05) is 0 Å². The molecule has 0 aliphatic carbocycles. The first kappa shape index (κ1) is 4.73. The minimum atomic E-state index is -0.882. The van der Waals surface area contributed by atoms with Gasteiger partial charge in [0.05, 0.1) is 0 Å². The van der Waals surface area contributed by atoms with Crippen LogP contribution in [0.1, 0.15) is 0 Å². The molecule has 0 bridgehead atoms. The second-order valence-electron chi connectivity index (χ2n) is 1.79. The van der Waals surface area contributed by atoms with Gasteiger partial charge in [0.25, 0.3) is 0 Å². The van der Waals surface area contributed by atoms with E-state index in [0.717, 1.165) is 6.07 Å². The first-order valence-corrected chi connectivity index (χ1v) is 2.45. The van der Waals surface area contributed by atoms with Gasteiger partial charge in [-0.2, -0.15) is 4.39 Å². The molecule has 1 aliphatic heterocycles. The Bertz CT molecular complexity index is 266. The summed E-state index contributed by atoms with van der Waals surface area (Å²) < 4.78 is 29.0. The van der Waals surface area contributed by atoms with Crippen LogP contribution in [0.15, 0.2) is 12.1 Å². The Balaban J connectivity index is 2.70. The highest BCUT2D eigenvalue weighted by atomic mass is 19.2. The van der Waals surface area contributed by atoms with Crippen LogP contribution in [0.2, 0.25) is 0 Å². The van der Waals surface area contributed by atoms with E-state index in [2.05, 4.69) is 4.74 Å². The lowest BCUT2D eigenvalue weighted by atomic mass is 10.3. The minimum Gasteiger partial charge on any atom is -0.446 e. The molecule has 3 heteroatoms. The third-order valence-corrected chi connectivity index (χ3v) is 1.18. The Morgan fingerprint density at radius 1 is 1.22 bits per heavy atom. The normalized spacial score (nSPS) is 12.2. The van der Waals surface area contributed by atoms with Gasteiger partial charge in [0.15, 0.2) is 11.6 Å². The molecule has 0 fully saturated rings. The van der Waals surface area contributed by atoms with Crippen molar-refractivity contribution in [1.82, 2.24) is 0 Å². The highest BCUT2D eigenvalue weighted by molar-refractivity contribution is 5.54. The molecular formula is C6H2F2O. The van der Waals surface area contributed by atoms with Gasteiger partial charge in [-0.25, -0.2) is 4.39 Å². The summed E-state index contributed by atoms with van der Waals surface area (Å²) in [6.45, 7) is 0. The number of halogens is 2. The zero-order chi connectivity index (χ0) is 6.43. The number of ether oxygens (including phenoxy) is 1. The highest BCUT2D eigenvalue weighted by Gasteiger charge is 2.27. The summed E-state index contributed by atoms with van der Waals surface area (Å²) in [5.74, 6) is -1.25. The molecule has 1 aromatic rings. The molecule has 0 radical (unpaired) electrons. The maximum atomic E-state index is 12.3. The Morgan fingerprint density at radius 2 is 2.00 bits per heavy atom. The van der Waals surface area contributed by atoms with Gasteiger partial charge < -0.3 is 4.74 Å². The van der Waals surface area contributed by atoms with E-state index in [9.17, 15) is 8.78 Å². The fraction of sp³-hybridized carbons (Fsp3) is 0. The molecule has 0 aromatic heterocycles. The summed E-state index contributed by atoms with van der Waals surface area (Å²) in [6.07, 6.45) is 0. The van der Waals surface area contributed by atoms with Crippen LogP contribution in [0.3, 0.4) is 0 Å². The number of rotatable bonds is 0. The van der Waals surface area contributed by atoms with Gasteiger partial charge in [0, 0.05) is 0 Å². The van der Waals surface area contributed by atoms with Crippen molar-refractivity contribution in [2.45, 2.75) is 0 Å². The molecule has 2 rings (SSSR count). The van der Waals surface area contributed by atoms with E-state index in [4.69, 9.17) is 0 Å². The highest BCUT2D eigenvalue weighted by Crippen LogP contribution is 2.47. The van der Waals surface area contributed by atoms with Crippen molar-refractivity contribution in [3.05, 3.63) is 23.8 Å². The van der Waals surface area contributed by atoms with Crippen LogP contribution < -0.4 is 4.74 Å². The van der Waals surface area contributed by atoms with Crippen molar-refractivity contribution >= 4 is 0 Å². The van der Waals surface area contributed by atoms with Crippen molar-refractivity contribution in [2.24, 2.45) is 0 Å². The molecule has 1 aromatic carbocycles. The van der Waals surface area contributed by atoms with Crippen LogP contribution >= 0.6 is 0 Å². The summed E-state index contributed by atoms with van der Waals surface area (Å²) in [5, 5.41) is 0. The van der Waals surface area contributed by atoms with Gasteiger partial charge in [0.1, 0.15) is 0 Å². The molecule has 1 heterocycles. The monoisotopic (exact) mass is 128 g/mol. The van der Waals surface area contributed by atoms with E-state index in [1.165, 1.54) is 6.07 Å². The van der Waals surface area contributed by atoms with Gasteiger partial charge in [-0.3, -0.25) is 0 Å². The molecule has 0 N–H and O–H groups in total. The predicted molar refractivity (Wildman–Crippen MR) is 26.4 cm³/mol. The first-order valence-electron chi connectivity index (χ1n) is 2.45. The van der Waals surface area contributed by atoms with Crippen molar-refractivity contribution in [1.29, 1.82) is 0 Å². The summed E-state index contributed by atoms with van der Waals surface area (Å²) in [7, 11) is 0. The standard InChI is InChI=1S/C6H2F2O/c7-3-1-2-4-6(9-4)5(3)8/h1-2H. The largest absolute Gasteiger partial charge is 0.446 e. The van der Waals surface area contributed by atoms with E-state index < -0.39 is 11.6 Å². The molecule has 46 valence electrons. The lowest BCUT2D eigenvalue weighted by Gasteiger charge is -1.80. The Morgan fingerprint density at radius 3 is 2.67 bits per heavy atom. The predicted octanol–water partition coefficient (Wildman–Crippen LogP) is 2.07. The number of benzene rings is 1. The lowest BCUT2D eigenvalue weighted by molar-refractivity contribution is 0.494. The van der Waals surface area contributed by atoms with E-state index in [0.29, 0.717) is 5.75 Å². The van der Waals surface area contributed by atoms with E-state index in [-0.39, 0.29) is 5.75 Å². The van der Waals surface area contributed by atoms with E-state index in [1.54, 1.807) is 0 Å². The van der Waals surface area contributed by atoms with Crippen molar-refractivity contribution < 1.29 is 13.5 Å². The lowest BCUT2D eigenvalue weighted by Crippen LogP contribution is -1.74. The van der Waals surface area contributed by atoms with Crippen LogP contribution in [0.25, 0.3) is 0 Å². The maximum Gasteiger partial charge on any atom is 0.208 e. The molecule has 0 amide bonds. The van der Waals surface area contributed by atoms with Crippen LogP contribution in [0.5, 0.6) is 11.5 Å². The maximum absolute atomic E-state index is 12.3. The molecule has 0 unspecified atom stereocenters. The first-order chi connectivity index (χ1) is 4.29. The van der Waals surface area contributed by atoms with Crippen molar-refractivity contribution in [3.8, 4) is 11.5 Å². The molecule has 9 heavy (non-hydrogen) atoms. The average molecular weight is 128 g/mol. The third kappa shape index (κ3) is 0.512. The van der Waals surface area contributed by atoms with Gasteiger partial charge in [-0.1, -0.05) is 0 Å². The van der Waals surface area contributed by atoms with Crippen LogP contribution in [-0.2, 0) is 0 Å². The zero-order valence-electron chi connectivity index (χ0n) is 4.32. The number of fused-ring (bicyclic) bond motifs is 1. The Labute approximate surface area is 49.9 Å². The molecule has 0 spiro atoms. The van der Waals surface area contributed by atoms with E-state index >= 15 is 0 Å². The Hall–Kier alpha value is -1.12. The van der Waals surface area contributed by atoms with Crippen LogP contribution in [0.4, 0.5) is 8.78 Å². The molecule has 0 saturated carbocycles. The molecule has 0 atom stereocenters. The zero-order valence-corrected chi connectivity index (χ0v) is 4.32. The summed E-state index contributed by atoms with van der Waals surface area (Å²) >= 11 is 0. The average Bonchev–Trinajstić information content (AvgIpc) is 2.58. The summed E-state index contributed by atoms with van der Waals surface area (Å²) in [6, 6.07) is 2.44. The second kappa shape index (κ2) is 1.23. The van der Waals surface area contributed by atoms with Gasteiger partial charge in [-0.05, 0) is 12.1 Å². The molecule has 1 nitrogen and oxygen atoms in total. The quantitative estimate of drug-likeness (QED) is 0.495. The SMILES string of the molecule is Fc1ccc2c(c1F)O2. The molecule has 1 aliphatic rings. The van der Waals surface area contributed by atoms with Crippen LogP contribution in [-0.4, -0.2) is 0 Å². The van der Waals surface area contributed by atoms with Gasteiger partial charge in [0.2, 0.25) is 11.6 Å². The minimum absolute atomic E-state index is 0.0509. The summed E-state index contributed by atoms with van der Waals surface area (Å²) in [4.78, 5) is 0. The fourth-order valence-electron chi connectivity index (χ4n) is 0.678. The fourth-order valence-corrected chi connectivity index (χ4v) is 0.678. The van der Waals surface area contributed by atoms with Gasteiger partial charge >= 0.3 is 0 Å². The number of hydrogen-bond donors (Lipinski definition) is 0. The molecular weight excluding hydrogens is 126 g/mol. The number of hydrogen-bond acceptors (Lipinski definition) is 1. The topological polar surface area (TPSA) is 12.5 Å².